The predicted molar refractivity (Wildman–Crippen MR) is 55.6 cm³/mol. The zero-order chi connectivity index (χ0) is 13.2. The first-order chi connectivity index (χ1) is 6.79. The molecule has 0 aliphatic carbocycles. The van der Waals surface area contributed by atoms with Gasteiger partial charge in [-0.2, -0.15) is 29.4 Å². The molecular formula is C3H14NO9P3+2. The fourth-order valence-electron chi connectivity index (χ4n) is 0.931. The Balaban J connectivity index is 4.59. The summed E-state index contributed by atoms with van der Waals surface area (Å²) in [6.07, 6.45) is -3.02. The minimum Gasteiger partial charge on any atom is -0.324 e. The molecular weight excluding hydrogens is 287 g/mol. The van der Waals surface area contributed by atoms with E-state index in [-0.39, 0.29) is 0 Å². The summed E-state index contributed by atoms with van der Waals surface area (Å²) in [6.45, 7) is 0. The monoisotopic (exact) mass is 301 g/mol. The highest BCUT2D eigenvalue weighted by Gasteiger charge is 2.42. The van der Waals surface area contributed by atoms with Crippen molar-refractivity contribution in [2.24, 2.45) is 0 Å². The summed E-state index contributed by atoms with van der Waals surface area (Å²) >= 11 is 0. The molecule has 0 saturated heterocycles. The van der Waals surface area contributed by atoms with Gasteiger partial charge in [-0.3, -0.25) is 4.57 Å². The molecule has 0 aromatic carbocycles. The first kappa shape index (κ1) is 16.7. The van der Waals surface area contributed by atoms with Crippen molar-refractivity contribution in [2.45, 2.75) is 0 Å². The van der Waals surface area contributed by atoms with Crippen molar-refractivity contribution in [2.75, 3.05) is 18.9 Å². The SMILES string of the molecule is O=P(O)(O)CN(C[P+](O)(O)O)C[P+](O)(O)O. The van der Waals surface area contributed by atoms with Gasteiger partial charge in [0.2, 0.25) is 0 Å². The molecule has 0 unspecified atom stereocenters. The molecule has 0 atom stereocenters. The standard InChI is InChI=1S/C3H12NO9P3/c5-14(6,7)1-4(2-15(8,9)10)3-16(11,12)13/h5-10H,1-3H2/p+2. The van der Waals surface area contributed by atoms with E-state index in [9.17, 15) is 4.57 Å². The van der Waals surface area contributed by atoms with Gasteiger partial charge in [-0.1, -0.05) is 0 Å². The number of rotatable bonds is 6. The molecule has 0 radical (unpaired) electrons. The van der Waals surface area contributed by atoms with Crippen molar-refractivity contribution >= 4 is 23.5 Å². The largest absolute Gasteiger partial charge is 0.419 e. The van der Waals surface area contributed by atoms with Crippen molar-refractivity contribution in [1.29, 1.82) is 0 Å². The maximum atomic E-state index is 10.6. The minimum absolute atomic E-state index is 0.461. The molecule has 8 N–H and O–H groups in total. The molecule has 0 heterocycles. The molecule has 13 heteroatoms. The van der Waals surface area contributed by atoms with Gasteiger partial charge < -0.3 is 9.79 Å². The summed E-state index contributed by atoms with van der Waals surface area (Å²) in [5, 5.41) is 0. The fraction of sp³-hybridized carbons (Fsp3) is 1.00. The van der Waals surface area contributed by atoms with Crippen LogP contribution in [0.4, 0.5) is 0 Å². The fourth-order valence-corrected chi connectivity index (χ4v) is 3.60. The second-order valence-corrected chi connectivity index (χ2v) is 8.09. The number of hydrogen-bond acceptors (Lipinski definition) is 8. The Hall–Kier alpha value is 0.730. The zero-order valence-corrected chi connectivity index (χ0v) is 10.6. The van der Waals surface area contributed by atoms with Crippen LogP contribution in [-0.4, -0.2) is 62.9 Å². The van der Waals surface area contributed by atoms with Crippen molar-refractivity contribution < 1.29 is 43.7 Å². The van der Waals surface area contributed by atoms with E-state index in [2.05, 4.69) is 0 Å². The van der Waals surface area contributed by atoms with E-state index in [1.54, 1.807) is 0 Å². The molecule has 0 spiro atoms. The first-order valence-electron chi connectivity index (χ1n) is 3.68. The van der Waals surface area contributed by atoms with Gasteiger partial charge >= 0.3 is 23.5 Å². The molecule has 0 fully saturated rings. The van der Waals surface area contributed by atoms with Crippen molar-refractivity contribution in [3.8, 4) is 0 Å². The molecule has 0 aromatic rings. The number of hydrogen-bond donors (Lipinski definition) is 8. The average molecular weight is 301 g/mol. The Morgan fingerprint density at radius 2 is 1.19 bits per heavy atom. The summed E-state index contributed by atoms with van der Waals surface area (Å²) in [5.74, 6) is 0. The van der Waals surface area contributed by atoms with Crippen LogP contribution in [0.25, 0.3) is 0 Å². The van der Waals surface area contributed by atoms with Gasteiger partial charge in [0.25, 0.3) is 0 Å². The molecule has 0 aliphatic heterocycles. The Bertz CT molecular complexity index is 248. The summed E-state index contributed by atoms with van der Waals surface area (Å²) in [7, 11) is -13.4. The van der Waals surface area contributed by atoms with Crippen LogP contribution in [0.1, 0.15) is 0 Å². The summed E-state index contributed by atoms with van der Waals surface area (Å²) in [6, 6.07) is 0. The molecule has 0 amide bonds. The van der Waals surface area contributed by atoms with E-state index in [4.69, 9.17) is 39.1 Å². The van der Waals surface area contributed by atoms with Gasteiger partial charge in [-0.25, -0.2) is 4.90 Å². The highest BCUT2D eigenvalue weighted by Crippen LogP contribution is 2.52. The summed E-state index contributed by atoms with van der Waals surface area (Å²) in [5.41, 5.74) is 0. The van der Waals surface area contributed by atoms with Crippen LogP contribution >= 0.6 is 23.5 Å². The average Bonchev–Trinajstić information content (AvgIpc) is 1.70. The maximum Gasteiger partial charge on any atom is 0.419 e. The lowest BCUT2D eigenvalue weighted by Gasteiger charge is -2.20. The van der Waals surface area contributed by atoms with Crippen LogP contribution in [0.3, 0.4) is 0 Å². The lowest BCUT2D eigenvalue weighted by atomic mass is 11.0. The van der Waals surface area contributed by atoms with E-state index < -0.39 is 42.3 Å². The van der Waals surface area contributed by atoms with Crippen LogP contribution in [0.2, 0.25) is 0 Å². The zero-order valence-electron chi connectivity index (χ0n) is 7.90. The second-order valence-electron chi connectivity index (χ2n) is 3.14. The number of nitrogens with zero attached hydrogens (tertiary/aromatic N) is 1. The first-order valence-corrected chi connectivity index (χ1v) is 9.14. The van der Waals surface area contributed by atoms with Crippen LogP contribution in [0.15, 0.2) is 0 Å². The van der Waals surface area contributed by atoms with Crippen LogP contribution < -0.4 is 0 Å². The van der Waals surface area contributed by atoms with Crippen LogP contribution in [-0.2, 0) is 4.57 Å². The van der Waals surface area contributed by atoms with E-state index in [1.165, 1.54) is 0 Å². The van der Waals surface area contributed by atoms with Gasteiger partial charge in [0.1, 0.15) is 6.29 Å². The lowest BCUT2D eigenvalue weighted by molar-refractivity contribution is 0.252. The third-order valence-corrected chi connectivity index (χ3v) is 3.49. The van der Waals surface area contributed by atoms with E-state index in [1.807, 2.05) is 0 Å². The molecule has 0 rings (SSSR count). The van der Waals surface area contributed by atoms with Gasteiger partial charge in [0, 0.05) is 0 Å². The summed E-state index contributed by atoms with van der Waals surface area (Å²) < 4.78 is 10.6. The van der Waals surface area contributed by atoms with E-state index in [0.717, 1.165) is 0 Å². The van der Waals surface area contributed by atoms with Crippen LogP contribution in [0, 0.1) is 0 Å². The highest BCUT2D eigenvalue weighted by atomic mass is 31.2. The smallest absolute Gasteiger partial charge is 0.324 e. The van der Waals surface area contributed by atoms with Gasteiger partial charge in [-0.15, -0.1) is 0 Å². The van der Waals surface area contributed by atoms with Crippen molar-refractivity contribution in [3.05, 3.63) is 0 Å². The Morgan fingerprint density at radius 1 is 0.875 bits per heavy atom. The Labute approximate surface area is 91.7 Å². The third kappa shape index (κ3) is 11.2. The van der Waals surface area contributed by atoms with E-state index >= 15 is 0 Å². The highest BCUT2D eigenvalue weighted by molar-refractivity contribution is 7.59. The second kappa shape index (κ2) is 5.58. The van der Waals surface area contributed by atoms with Crippen LogP contribution in [0.5, 0.6) is 0 Å². The minimum atomic E-state index is -4.60. The molecule has 0 bridgehead atoms. The van der Waals surface area contributed by atoms with Gasteiger partial charge in [-0.05, 0) is 0 Å². The molecule has 98 valence electrons. The van der Waals surface area contributed by atoms with E-state index in [0.29, 0.717) is 4.90 Å². The third-order valence-electron chi connectivity index (χ3n) is 1.16. The topological polar surface area (TPSA) is 182 Å². The normalized spacial score (nSPS) is 14.6. The predicted octanol–water partition coefficient (Wildman–Crippen LogP) is -2.18. The van der Waals surface area contributed by atoms with Gasteiger partial charge in [0.15, 0.2) is 12.6 Å². The molecule has 0 aliphatic rings. The Kier molecular flexibility index (Phi) is 5.84. The maximum absolute atomic E-state index is 10.6. The van der Waals surface area contributed by atoms with Crippen molar-refractivity contribution in [1.82, 2.24) is 4.90 Å². The quantitative estimate of drug-likeness (QED) is 0.251. The molecule has 0 saturated carbocycles. The molecule has 10 nitrogen and oxygen atoms in total. The summed E-state index contributed by atoms with van der Waals surface area (Å²) in [4.78, 5) is 69.7. The lowest BCUT2D eigenvalue weighted by Crippen LogP contribution is -2.29. The van der Waals surface area contributed by atoms with Crippen molar-refractivity contribution in [3.63, 3.8) is 0 Å². The molecule has 0 aromatic heterocycles. The van der Waals surface area contributed by atoms with Gasteiger partial charge in [0.05, 0.1) is 0 Å². The molecule has 16 heavy (non-hydrogen) atoms. The Morgan fingerprint density at radius 3 is 1.38 bits per heavy atom.